The summed E-state index contributed by atoms with van der Waals surface area (Å²) in [5, 5.41) is 5.19. The summed E-state index contributed by atoms with van der Waals surface area (Å²) in [7, 11) is 1.64. The molecule has 0 bridgehead atoms. The Morgan fingerprint density at radius 1 is 1.08 bits per heavy atom. The maximum Gasteiger partial charge on any atom is 0.227 e. The number of methoxy groups -OCH3 is 1. The molecule has 0 fully saturated rings. The normalized spacial score (nSPS) is 10.8. The van der Waals surface area contributed by atoms with E-state index >= 15 is 0 Å². The van der Waals surface area contributed by atoms with E-state index in [1.807, 2.05) is 42.5 Å². The molecule has 4 nitrogen and oxygen atoms in total. The number of halogens is 2. The van der Waals surface area contributed by atoms with Crippen molar-refractivity contribution in [2.24, 2.45) is 0 Å². The van der Waals surface area contributed by atoms with Crippen LogP contribution in [-0.4, -0.2) is 23.0 Å². The molecule has 1 heterocycles. The van der Waals surface area contributed by atoms with Crippen LogP contribution in [-0.2, 0) is 12.2 Å². The van der Waals surface area contributed by atoms with Crippen LogP contribution in [0, 0.1) is 0 Å². The Bertz CT molecular complexity index is 837. The number of thioether (sulfide) groups is 1. The lowest BCUT2D eigenvalue weighted by Crippen LogP contribution is -1.90. The van der Waals surface area contributed by atoms with Crippen molar-refractivity contribution in [2.45, 2.75) is 12.2 Å². The Kier molecular flexibility index (Phi) is 6.24. The average molecular weight is 395 g/mol. The molecule has 0 saturated carbocycles. The summed E-state index contributed by atoms with van der Waals surface area (Å²) >= 11 is 13.7. The summed E-state index contributed by atoms with van der Waals surface area (Å²) < 4.78 is 10.5. The first kappa shape index (κ1) is 18.1. The summed E-state index contributed by atoms with van der Waals surface area (Å²) in [6.45, 7) is 0. The van der Waals surface area contributed by atoms with Gasteiger partial charge in [-0.15, -0.1) is 0 Å². The third-order valence-corrected chi connectivity index (χ3v) is 5.30. The molecule has 130 valence electrons. The number of hydrogen-bond acceptors (Lipinski definition) is 5. The SMILES string of the molecule is COc1ccc(-c2noc(CCSCc3ccc(Cl)c(Cl)c3)n2)cc1. The molecular weight excluding hydrogens is 379 g/mol. The van der Waals surface area contributed by atoms with E-state index in [1.165, 1.54) is 0 Å². The van der Waals surface area contributed by atoms with Gasteiger partial charge in [-0.2, -0.15) is 16.7 Å². The summed E-state index contributed by atoms with van der Waals surface area (Å²) in [4.78, 5) is 4.44. The van der Waals surface area contributed by atoms with Crippen LogP contribution in [0.2, 0.25) is 10.0 Å². The number of hydrogen-bond donors (Lipinski definition) is 0. The highest BCUT2D eigenvalue weighted by Gasteiger charge is 2.09. The maximum atomic E-state index is 6.02. The van der Waals surface area contributed by atoms with Crippen molar-refractivity contribution >= 4 is 35.0 Å². The van der Waals surface area contributed by atoms with Crippen LogP contribution in [0.25, 0.3) is 11.4 Å². The summed E-state index contributed by atoms with van der Waals surface area (Å²) in [5.41, 5.74) is 2.04. The molecule has 7 heteroatoms. The van der Waals surface area contributed by atoms with Gasteiger partial charge < -0.3 is 9.26 Å². The van der Waals surface area contributed by atoms with Crippen LogP contribution in [0.15, 0.2) is 47.0 Å². The molecular formula is C18H16Cl2N2O2S. The fourth-order valence-corrected chi connectivity index (χ4v) is 3.39. The summed E-state index contributed by atoms with van der Waals surface area (Å²) in [6, 6.07) is 13.3. The third-order valence-electron chi connectivity index (χ3n) is 3.53. The fourth-order valence-electron chi connectivity index (χ4n) is 2.19. The van der Waals surface area contributed by atoms with Gasteiger partial charge in [0.25, 0.3) is 0 Å². The molecule has 0 unspecified atom stereocenters. The van der Waals surface area contributed by atoms with Crippen molar-refractivity contribution in [2.75, 3.05) is 12.9 Å². The zero-order valence-corrected chi connectivity index (χ0v) is 15.9. The molecule has 0 atom stereocenters. The van der Waals surface area contributed by atoms with Crippen molar-refractivity contribution in [3.05, 3.63) is 64.0 Å². The van der Waals surface area contributed by atoms with Crippen LogP contribution >= 0.6 is 35.0 Å². The van der Waals surface area contributed by atoms with Gasteiger partial charge in [-0.1, -0.05) is 34.4 Å². The Hall–Kier alpha value is -1.69. The molecule has 25 heavy (non-hydrogen) atoms. The number of aromatic nitrogens is 2. The van der Waals surface area contributed by atoms with E-state index in [4.69, 9.17) is 32.5 Å². The van der Waals surface area contributed by atoms with Crippen LogP contribution in [0.5, 0.6) is 5.75 Å². The molecule has 3 aromatic rings. The van der Waals surface area contributed by atoms with Gasteiger partial charge in [-0.3, -0.25) is 0 Å². The van der Waals surface area contributed by atoms with E-state index in [0.29, 0.717) is 21.8 Å². The standard InChI is InChI=1S/C18H16Cl2N2O2S/c1-23-14-5-3-13(4-6-14)18-21-17(24-22-18)8-9-25-11-12-2-7-15(19)16(20)10-12/h2-7,10H,8-9,11H2,1H3. The number of ether oxygens (including phenoxy) is 1. The van der Waals surface area contributed by atoms with Crippen molar-refractivity contribution in [3.63, 3.8) is 0 Å². The monoisotopic (exact) mass is 394 g/mol. The molecule has 2 aromatic carbocycles. The first-order valence-electron chi connectivity index (χ1n) is 7.64. The molecule has 0 aliphatic rings. The van der Waals surface area contributed by atoms with Gasteiger partial charge in [-0.05, 0) is 42.0 Å². The Morgan fingerprint density at radius 3 is 2.60 bits per heavy atom. The number of benzene rings is 2. The quantitative estimate of drug-likeness (QED) is 0.493. The van der Waals surface area contributed by atoms with E-state index < -0.39 is 0 Å². The smallest absolute Gasteiger partial charge is 0.227 e. The minimum Gasteiger partial charge on any atom is -0.497 e. The Balaban J connectivity index is 1.50. The van der Waals surface area contributed by atoms with Crippen LogP contribution in [0.1, 0.15) is 11.5 Å². The molecule has 0 spiro atoms. The second-order valence-electron chi connectivity index (χ2n) is 5.29. The van der Waals surface area contributed by atoms with E-state index in [0.717, 1.165) is 34.8 Å². The largest absolute Gasteiger partial charge is 0.497 e. The van der Waals surface area contributed by atoms with E-state index in [-0.39, 0.29) is 0 Å². The fraction of sp³-hybridized carbons (Fsp3) is 0.222. The maximum absolute atomic E-state index is 6.02. The van der Waals surface area contributed by atoms with Crippen molar-refractivity contribution < 1.29 is 9.26 Å². The third kappa shape index (κ3) is 4.91. The van der Waals surface area contributed by atoms with E-state index in [1.54, 1.807) is 18.9 Å². The predicted molar refractivity (Wildman–Crippen MR) is 103 cm³/mol. The van der Waals surface area contributed by atoms with Crippen LogP contribution in [0.4, 0.5) is 0 Å². The van der Waals surface area contributed by atoms with Gasteiger partial charge >= 0.3 is 0 Å². The molecule has 0 saturated heterocycles. The topological polar surface area (TPSA) is 48.2 Å². The van der Waals surface area contributed by atoms with Gasteiger partial charge in [-0.25, -0.2) is 0 Å². The summed E-state index contributed by atoms with van der Waals surface area (Å²) in [6.07, 6.45) is 0.717. The lowest BCUT2D eigenvalue weighted by Gasteiger charge is -2.02. The first-order valence-corrected chi connectivity index (χ1v) is 9.55. The predicted octanol–water partition coefficient (Wildman–Crippen LogP) is 5.53. The molecule has 3 rings (SSSR count). The zero-order valence-electron chi connectivity index (χ0n) is 13.5. The second-order valence-corrected chi connectivity index (χ2v) is 7.21. The number of aryl methyl sites for hydroxylation is 1. The minimum atomic E-state index is 0.576. The van der Waals surface area contributed by atoms with Crippen LogP contribution < -0.4 is 4.74 Å². The van der Waals surface area contributed by atoms with Crippen molar-refractivity contribution in [1.29, 1.82) is 0 Å². The summed E-state index contributed by atoms with van der Waals surface area (Å²) in [5.74, 6) is 3.76. The van der Waals surface area contributed by atoms with Gasteiger partial charge in [0.05, 0.1) is 17.2 Å². The highest BCUT2D eigenvalue weighted by Crippen LogP contribution is 2.25. The van der Waals surface area contributed by atoms with Crippen molar-refractivity contribution in [3.8, 4) is 17.1 Å². The Labute approximate surface area is 160 Å². The van der Waals surface area contributed by atoms with E-state index in [9.17, 15) is 0 Å². The molecule has 0 aliphatic carbocycles. The molecule has 1 aromatic heterocycles. The van der Waals surface area contributed by atoms with Crippen LogP contribution in [0.3, 0.4) is 0 Å². The lowest BCUT2D eigenvalue weighted by atomic mass is 10.2. The molecule has 0 radical (unpaired) electrons. The van der Waals surface area contributed by atoms with Crippen molar-refractivity contribution in [1.82, 2.24) is 10.1 Å². The molecule has 0 aliphatic heterocycles. The average Bonchev–Trinajstić information content (AvgIpc) is 3.11. The first-order chi connectivity index (χ1) is 12.2. The highest BCUT2D eigenvalue weighted by molar-refractivity contribution is 7.98. The van der Waals surface area contributed by atoms with Gasteiger partial charge in [0.1, 0.15) is 5.75 Å². The second kappa shape index (κ2) is 8.61. The Morgan fingerprint density at radius 2 is 1.88 bits per heavy atom. The van der Waals surface area contributed by atoms with Gasteiger partial charge in [0, 0.05) is 23.5 Å². The van der Waals surface area contributed by atoms with Gasteiger partial charge in [0.15, 0.2) is 0 Å². The minimum absolute atomic E-state index is 0.576. The molecule has 0 amide bonds. The lowest BCUT2D eigenvalue weighted by molar-refractivity contribution is 0.383. The van der Waals surface area contributed by atoms with Gasteiger partial charge in [0.2, 0.25) is 11.7 Å². The highest BCUT2D eigenvalue weighted by atomic mass is 35.5. The van der Waals surface area contributed by atoms with E-state index in [2.05, 4.69) is 10.1 Å². The number of nitrogens with zero attached hydrogens (tertiary/aromatic N) is 2. The molecule has 0 N–H and O–H groups in total. The number of rotatable bonds is 7. The zero-order chi connectivity index (χ0) is 17.6.